The van der Waals surface area contributed by atoms with Crippen molar-refractivity contribution in [2.45, 2.75) is 385 Å². The van der Waals surface area contributed by atoms with Gasteiger partial charge < -0.3 is 25.7 Å². The largest absolute Gasteiger partial charge is 0.394 e. The van der Waals surface area contributed by atoms with Gasteiger partial charge in [0.2, 0.25) is 5.91 Å². The predicted molar refractivity (Wildman–Crippen MR) is 316 cm³/mol. The molecule has 0 aliphatic rings. The van der Waals surface area contributed by atoms with Crippen LogP contribution < -0.4 is 5.32 Å². The van der Waals surface area contributed by atoms with Crippen molar-refractivity contribution in [3.8, 4) is 0 Å². The lowest BCUT2D eigenvalue weighted by Gasteiger charge is -2.27. The summed E-state index contributed by atoms with van der Waals surface area (Å²) in [5.41, 5.74) is 0. The smallest absolute Gasteiger partial charge is 0.249 e. The van der Waals surface area contributed by atoms with Crippen molar-refractivity contribution in [1.82, 2.24) is 5.32 Å². The number of nitrogens with one attached hydrogen (secondary N) is 1. The molecule has 0 rings (SSSR count). The van der Waals surface area contributed by atoms with Gasteiger partial charge in [-0.15, -0.1) is 0 Å². The maximum Gasteiger partial charge on any atom is 0.249 e. The summed E-state index contributed by atoms with van der Waals surface area (Å²) in [6.07, 6.45) is 75.7. The molecule has 0 saturated heterocycles. The summed E-state index contributed by atoms with van der Waals surface area (Å²) in [5, 5.41) is 44.1. The van der Waals surface area contributed by atoms with Crippen molar-refractivity contribution in [2.24, 2.45) is 0 Å². The van der Waals surface area contributed by atoms with E-state index in [1.165, 1.54) is 289 Å². The molecule has 4 atom stereocenters. The van der Waals surface area contributed by atoms with Gasteiger partial charge in [0, 0.05) is 0 Å². The van der Waals surface area contributed by atoms with Crippen LogP contribution in [-0.4, -0.2) is 57.3 Å². The molecule has 0 fully saturated rings. The average molecular weight is 1020 g/mol. The Labute approximate surface area is 450 Å². The number of aliphatic hydroxyl groups is 4. The normalized spacial score (nSPS) is 13.7. The highest BCUT2D eigenvalue weighted by molar-refractivity contribution is 5.80. The van der Waals surface area contributed by atoms with Gasteiger partial charge in [0.25, 0.3) is 0 Å². The number of amides is 1. The number of unbranched alkanes of at least 4 members (excludes halogenated alkanes) is 48. The highest BCUT2D eigenvalue weighted by Crippen LogP contribution is 2.19. The van der Waals surface area contributed by atoms with Crippen LogP contribution in [0.3, 0.4) is 0 Å². The first kappa shape index (κ1) is 70.8. The maximum atomic E-state index is 12.6. The third-order valence-electron chi connectivity index (χ3n) is 15.7. The molecule has 0 aromatic rings. The van der Waals surface area contributed by atoms with Crippen LogP contribution in [0.1, 0.15) is 361 Å². The topological polar surface area (TPSA) is 110 Å². The van der Waals surface area contributed by atoms with E-state index in [1.54, 1.807) is 0 Å². The molecular weight excluding hydrogens is 887 g/mol. The summed E-state index contributed by atoms with van der Waals surface area (Å²) in [6, 6.07) is -0.985. The van der Waals surface area contributed by atoms with E-state index in [0.29, 0.717) is 12.8 Å². The van der Waals surface area contributed by atoms with Crippen molar-refractivity contribution < 1.29 is 25.2 Å². The second kappa shape index (κ2) is 60.7. The zero-order chi connectivity index (χ0) is 52.3. The van der Waals surface area contributed by atoms with Gasteiger partial charge in [-0.05, 0) is 44.9 Å². The number of rotatable bonds is 61. The minimum absolute atomic E-state index is 0.372. The third kappa shape index (κ3) is 53.6. The number of allylic oxidation sites excluding steroid dienone is 4. The van der Waals surface area contributed by atoms with Crippen molar-refractivity contribution in [2.75, 3.05) is 6.61 Å². The minimum Gasteiger partial charge on any atom is -0.394 e. The van der Waals surface area contributed by atoms with Crippen molar-refractivity contribution in [3.63, 3.8) is 0 Å². The van der Waals surface area contributed by atoms with Crippen LogP contribution in [0.5, 0.6) is 0 Å². The number of hydrogen-bond acceptors (Lipinski definition) is 5. The number of carbonyl (C=O) groups is 1. The first-order valence-corrected chi connectivity index (χ1v) is 32.7. The molecule has 0 bridgehead atoms. The third-order valence-corrected chi connectivity index (χ3v) is 15.7. The van der Waals surface area contributed by atoms with Crippen LogP contribution in [0.4, 0.5) is 0 Å². The minimum atomic E-state index is -1.26. The molecule has 0 aromatic heterocycles. The Kier molecular flexibility index (Phi) is 59.6. The molecule has 0 radical (unpaired) electrons. The predicted octanol–water partition coefficient (Wildman–Crippen LogP) is 19.8. The first-order chi connectivity index (χ1) is 35.5. The second-order valence-electron chi connectivity index (χ2n) is 22.8. The summed E-state index contributed by atoms with van der Waals surface area (Å²) in [5.74, 6) is -0.578. The Balaban J connectivity index is 3.54. The van der Waals surface area contributed by atoms with Crippen LogP contribution >= 0.6 is 0 Å². The highest BCUT2D eigenvalue weighted by Gasteiger charge is 2.28. The fourth-order valence-electron chi connectivity index (χ4n) is 10.6. The molecule has 0 aromatic carbocycles. The molecule has 4 unspecified atom stereocenters. The quantitative estimate of drug-likeness (QED) is 0.0308. The Bertz CT molecular complexity index is 1100. The van der Waals surface area contributed by atoms with Crippen molar-refractivity contribution in [1.29, 1.82) is 0 Å². The van der Waals surface area contributed by atoms with E-state index in [1.807, 2.05) is 0 Å². The molecular formula is C66H129NO5. The number of carbonyl (C=O) groups excluding carboxylic acids is 1. The fourth-order valence-corrected chi connectivity index (χ4v) is 10.6. The van der Waals surface area contributed by atoms with Crippen molar-refractivity contribution in [3.05, 3.63) is 24.3 Å². The maximum absolute atomic E-state index is 12.6. The summed E-state index contributed by atoms with van der Waals surface area (Å²) in [4.78, 5) is 12.6. The van der Waals surface area contributed by atoms with E-state index in [-0.39, 0.29) is 0 Å². The summed E-state index contributed by atoms with van der Waals surface area (Å²) in [7, 11) is 0. The lowest BCUT2D eigenvalue weighted by Crippen LogP contribution is -2.53. The number of hydrogen-bond donors (Lipinski definition) is 5. The van der Waals surface area contributed by atoms with Crippen LogP contribution in [0.2, 0.25) is 0 Å². The lowest BCUT2D eigenvalue weighted by atomic mass is 9.99. The van der Waals surface area contributed by atoms with E-state index in [4.69, 9.17) is 0 Å². The summed E-state index contributed by atoms with van der Waals surface area (Å²) >= 11 is 0. The fraction of sp³-hybridized carbons (Fsp3) is 0.924. The molecule has 1 amide bonds. The molecule has 0 saturated carbocycles. The van der Waals surface area contributed by atoms with Gasteiger partial charge in [-0.1, -0.05) is 340 Å². The van der Waals surface area contributed by atoms with E-state index >= 15 is 0 Å². The van der Waals surface area contributed by atoms with Crippen LogP contribution in [0.15, 0.2) is 24.3 Å². The molecule has 428 valence electrons. The van der Waals surface area contributed by atoms with Crippen molar-refractivity contribution >= 4 is 5.91 Å². The van der Waals surface area contributed by atoms with Gasteiger partial charge in [0.1, 0.15) is 12.2 Å². The van der Waals surface area contributed by atoms with E-state index < -0.39 is 36.9 Å². The average Bonchev–Trinajstić information content (AvgIpc) is 3.39. The molecule has 6 heteroatoms. The van der Waals surface area contributed by atoms with Gasteiger partial charge in [-0.25, -0.2) is 0 Å². The van der Waals surface area contributed by atoms with Gasteiger partial charge in [-0.3, -0.25) is 4.79 Å². The molecule has 0 spiro atoms. The SMILES string of the molecule is CCCCCCCCCCCCCCC/C=C\C/C=C\CCCCCCCCCCCCCCCCCCC(O)C(=O)NC(CO)C(O)C(O)CCCCCCCCCCCCCCCCCCCCCC. The summed E-state index contributed by atoms with van der Waals surface area (Å²) < 4.78 is 0. The zero-order valence-corrected chi connectivity index (χ0v) is 48.7. The standard InChI is InChI=1S/C66H129NO5/c1-3-5-7-9-11-13-15-17-19-21-23-25-26-27-28-29-30-31-32-33-34-35-36-37-38-39-40-42-44-46-48-50-52-54-56-58-60-64(70)66(72)67-62(61-68)65(71)63(69)59-57-55-53-51-49-47-45-43-41-24-22-20-18-16-14-12-10-8-6-4-2/h28-29,31-32,62-65,68-71H,3-27,30,33-61H2,1-2H3,(H,67,72)/b29-28-,32-31-. The van der Waals surface area contributed by atoms with Crippen LogP contribution in [0, 0.1) is 0 Å². The Morgan fingerprint density at radius 2 is 0.597 bits per heavy atom. The van der Waals surface area contributed by atoms with Crippen LogP contribution in [0.25, 0.3) is 0 Å². The van der Waals surface area contributed by atoms with Gasteiger partial charge in [-0.2, -0.15) is 0 Å². The molecule has 0 aliphatic heterocycles. The summed E-state index contributed by atoms with van der Waals surface area (Å²) in [6.45, 7) is 4.10. The molecule has 0 heterocycles. The van der Waals surface area contributed by atoms with Gasteiger partial charge in [0.05, 0.1) is 18.8 Å². The number of aliphatic hydroxyl groups excluding tert-OH is 4. The second-order valence-corrected chi connectivity index (χ2v) is 22.8. The highest BCUT2D eigenvalue weighted by atomic mass is 16.3. The molecule has 0 aliphatic carbocycles. The van der Waals surface area contributed by atoms with E-state index in [0.717, 1.165) is 44.9 Å². The monoisotopic (exact) mass is 1020 g/mol. The molecule has 5 N–H and O–H groups in total. The Hall–Kier alpha value is -1.21. The Morgan fingerprint density at radius 3 is 0.875 bits per heavy atom. The molecule has 6 nitrogen and oxygen atoms in total. The molecule has 72 heavy (non-hydrogen) atoms. The first-order valence-electron chi connectivity index (χ1n) is 32.7. The lowest BCUT2D eigenvalue weighted by molar-refractivity contribution is -0.132. The van der Waals surface area contributed by atoms with E-state index in [9.17, 15) is 25.2 Å². The zero-order valence-electron chi connectivity index (χ0n) is 48.7. The van der Waals surface area contributed by atoms with Gasteiger partial charge in [0.15, 0.2) is 0 Å². The van der Waals surface area contributed by atoms with E-state index in [2.05, 4.69) is 43.5 Å². The van der Waals surface area contributed by atoms with Gasteiger partial charge >= 0.3 is 0 Å². The Morgan fingerprint density at radius 1 is 0.347 bits per heavy atom. The van der Waals surface area contributed by atoms with Crippen LogP contribution in [-0.2, 0) is 4.79 Å².